The highest BCUT2D eigenvalue weighted by Gasteiger charge is 2.18. The molecule has 4 rings (SSSR count). The molecule has 11 heteroatoms. The van der Waals surface area contributed by atoms with Crippen molar-refractivity contribution in [2.75, 3.05) is 13.3 Å². The smallest absolute Gasteiger partial charge is 0.259 e. The lowest BCUT2D eigenvalue weighted by Crippen LogP contribution is -2.21. The molecule has 0 bridgehead atoms. The van der Waals surface area contributed by atoms with Crippen molar-refractivity contribution in [3.63, 3.8) is 0 Å². The zero-order chi connectivity index (χ0) is 22.0. The van der Waals surface area contributed by atoms with Crippen LogP contribution in [0.5, 0.6) is 5.88 Å². The summed E-state index contributed by atoms with van der Waals surface area (Å²) in [7, 11) is 0. The molecule has 1 aromatic carbocycles. The Labute approximate surface area is 179 Å². The molecule has 0 saturated heterocycles. The first-order valence-electron chi connectivity index (χ1n) is 9.15. The van der Waals surface area contributed by atoms with Crippen molar-refractivity contribution in [2.24, 2.45) is 5.73 Å². The van der Waals surface area contributed by atoms with Gasteiger partial charge in [0.25, 0.3) is 5.89 Å². The number of carbonyl (C=O) groups is 1. The van der Waals surface area contributed by atoms with Crippen molar-refractivity contribution in [2.45, 2.75) is 12.6 Å². The van der Waals surface area contributed by atoms with Crippen molar-refractivity contribution in [3.05, 3.63) is 47.7 Å². The number of halogens is 3. The van der Waals surface area contributed by atoms with Crippen LogP contribution in [-0.2, 0) is 11.3 Å². The largest absolute Gasteiger partial charge is 0.468 e. The highest BCUT2D eigenvalue weighted by molar-refractivity contribution is 6.32. The summed E-state index contributed by atoms with van der Waals surface area (Å²) in [6, 6.07) is 8.77. The number of amides is 1. The SMILES string of the molecule is NC(=O)Cn1ccc2c(-c3noc(-c4cnc(OC(CF)CF)c(Cl)c4)n3)cccc21. The molecule has 31 heavy (non-hydrogen) atoms. The predicted molar refractivity (Wildman–Crippen MR) is 109 cm³/mol. The van der Waals surface area contributed by atoms with Gasteiger partial charge in [-0.1, -0.05) is 28.9 Å². The molecule has 0 aliphatic heterocycles. The molecule has 0 aliphatic carbocycles. The summed E-state index contributed by atoms with van der Waals surface area (Å²) in [6.07, 6.45) is 1.84. The number of nitrogens with two attached hydrogens (primary N) is 1. The molecule has 4 aromatic rings. The maximum atomic E-state index is 12.7. The third kappa shape index (κ3) is 4.19. The second kappa shape index (κ2) is 8.68. The van der Waals surface area contributed by atoms with Gasteiger partial charge in [0, 0.05) is 28.9 Å². The van der Waals surface area contributed by atoms with Crippen molar-refractivity contribution >= 4 is 28.4 Å². The van der Waals surface area contributed by atoms with Crippen LogP contribution in [-0.4, -0.2) is 45.1 Å². The molecule has 1 amide bonds. The zero-order valence-corrected chi connectivity index (χ0v) is 16.7. The van der Waals surface area contributed by atoms with Gasteiger partial charge in [-0.05, 0) is 18.2 Å². The van der Waals surface area contributed by atoms with Gasteiger partial charge in [-0.25, -0.2) is 13.8 Å². The van der Waals surface area contributed by atoms with Crippen molar-refractivity contribution in [1.29, 1.82) is 0 Å². The molecule has 8 nitrogen and oxygen atoms in total. The Morgan fingerprint density at radius 1 is 1.29 bits per heavy atom. The fourth-order valence-corrected chi connectivity index (χ4v) is 3.28. The number of alkyl halides is 2. The minimum atomic E-state index is -1.27. The molecule has 3 heterocycles. The van der Waals surface area contributed by atoms with Crippen LogP contribution in [0, 0.1) is 0 Å². The predicted octanol–water partition coefficient (Wildman–Crippen LogP) is 3.58. The number of benzene rings is 1. The lowest BCUT2D eigenvalue weighted by Gasteiger charge is -2.12. The number of rotatable bonds is 8. The Balaban J connectivity index is 1.64. The molecule has 0 saturated carbocycles. The van der Waals surface area contributed by atoms with Crippen LogP contribution >= 0.6 is 11.6 Å². The molecular formula is C20H16ClF2N5O3. The van der Waals surface area contributed by atoms with E-state index in [-0.39, 0.29) is 23.3 Å². The molecule has 0 aliphatic rings. The van der Waals surface area contributed by atoms with Gasteiger partial charge in [0.15, 0.2) is 6.10 Å². The number of nitrogens with zero attached hydrogens (tertiary/aromatic N) is 4. The van der Waals surface area contributed by atoms with E-state index in [0.29, 0.717) is 17.0 Å². The van der Waals surface area contributed by atoms with Crippen LogP contribution < -0.4 is 10.5 Å². The van der Waals surface area contributed by atoms with Crippen LogP contribution in [0.2, 0.25) is 5.02 Å². The van der Waals surface area contributed by atoms with Gasteiger partial charge >= 0.3 is 0 Å². The summed E-state index contributed by atoms with van der Waals surface area (Å²) < 4.78 is 37.5. The van der Waals surface area contributed by atoms with E-state index >= 15 is 0 Å². The number of fused-ring (bicyclic) bond motifs is 1. The molecule has 160 valence electrons. The number of hydrogen-bond acceptors (Lipinski definition) is 6. The summed E-state index contributed by atoms with van der Waals surface area (Å²) in [5, 5.41) is 4.89. The fourth-order valence-electron chi connectivity index (χ4n) is 3.07. The number of primary amides is 1. The molecular weight excluding hydrogens is 432 g/mol. The van der Waals surface area contributed by atoms with Crippen LogP contribution in [0.15, 0.2) is 47.2 Å². The van der Waals surface area contributed by atoms with Crippen molar-refractivity contribution < 1.29 is 22.8 Å². The van der Waals surface area contributed by atoms with E-state index in [9.17, 15) is 13.6 Å². The molecule has 0 unspecified atom stereocenters. The first-order valence-corrected chi connectivity index (χ1v) is 9.52. The number of pyridine rings is 1. The Morgan fingerprint density at radius 2 is 2.10 bits per heavy atom. The second-order valence-corrected chi connectivity index (χ2v) is 7.04. The van der Waals surface area contributed by atoms with Crippen molar-refractivity contribution in [1.82, 2.24) is 19.7 Å². The summed E-state index contributed by atoms with van der Waals surface area (Å²) in [5.74, 6) is -0.0715. The number of aromatic nitrogens is 4. The quantitative estimate of drug-likeness (QED) is 0.442. The van der Waals surface area contributed by atoms with E-state index in [1.165, 1.54) is 12.3 Å². The first kappa shape index (κ1) is 20.7. The molecule has 3 aromatic heterocycles. The van der Waals surface area contributed by atoms with Gasteiger partial charge in [-0.3, -0.25) is 4.79 Å². The highest BCUT2D eigenvalue weighted by Crippen LogP contribution is 2.31. The third-order valence-electron chi connectivity index (χ3n) is 4.48. The molecule has 0 atom stereocenters. The van der Waals surface area contributed by atoms with Crippen LogP contribution in [0.25, 0.3) is 33.7 Å². The normalized spacial score (nSPS) is 11.4. The Bertz CT molecular complexity index is 1240. The standard InChI is InChI=1S/C20H16ClF2N5O3/c21-15-6-11(9-25-20(15)30-12(7-22)8-23)19-26-18(27-31-19)14-2-1-3-16-13(14)4-5-28(16)10-17(24)29/h1-6,9,12H,7-8,10H2,(H2,24,29). The Hall–Kier alpha value is -3.53. The Kier molecular flexibility index (Phi) is 5.81. The molecule has 0 fully saturated rings. The van der Waals surface area contributed by atoms with E-state index in [1.807, 2.05) is 24.3 Å². The first-order chi connectivity index (χ1) is 15.0. The fraction of sp³-hybridized carbons (Fsp3) is 0.200. The van der Waals surface area contributed by atoms with E-state index in [1.54, 1.807) is 10.8 Å². The Morgan fingerprint density at radius 3 is 2.81 bits per heavy atom. The zero-order valence-electron chi connectivity index (χ0n) is 16.0. The van der Waals surface area contributed by atoms with E-state index in [4.69, 9.17) is 26.6 Å². The van der Waals surface area contributed by atoms with Gasteiger partial charge in [0.1, 0.15) is 24.9 Å². The van der Waals surface area contributed by atoms with Crippen molar-refractivity contribution in [3.8, 4) is 28.7 Å². The highest BCUT2D eigenvalue weighted by atomic mass is 35.5. The number of hydrogen-bond donors (Lipinski definition) is 1. The van der Waals surface area contributed by atoms with Crippen LogP contribution in [0.4, 0.5) is 8.78 Å². The summed E-state index contributed by atoms with van der Waals surface area (Å²) in [5.41, 5.74) is 7.20. The van der Waals surface area contributed by atoms with Gasteiger partial charge < -0.3 is 19.6 Å². The summed E-state index contributed by atoms with van der Waals surface area (Å²) in [4.78, 5) is 19.7. The maximum Gasteiger partial charge on any atom is 0.259 e. The topological polar surface area (TPSA) is 109 Å². The van der Waals surface area contributed by atoms with Gasteiger partial charge in [0.05, 0.1) is 5.56 Å². The minimum Gasteiger partial charge on any atom is -0.468 e. The van der Waals surface area contributed by atoms with Crippen LogP contribution in [0.3, 0.4) is 0 Å². The van der Waals surface area contributed by atoms with E-state index in [0.717, 1.165) is 10.9 Å². The lowest BCUT2D eigenvalue weighted by molar-refractivity contribution is -0.118. The van der Waals surface area contributed by atoms with Gasteiger partial charge in [0.2, 0.25) is 17.6 Å². The van der Waals surface area contributed by atoms with Gasteiger partial charge in [-0.2, -0.15) is 4.98 Å². The maximum absolute atomic E-state index is 12.7. The van der Waals surface area contributed by atoms with Crippen LogP contribution in [0.1, 0.15) is 0 Å². The number of ether oxygens (including phenoxy) is 1. The van der Waals surface area contributed by atoms with Gasteiger partial charge in [-0.15, -0.1) is 0 Å². The monoisotopic (exact) mass is 447 g/mol. The van der Waals surface area contributed by atoms with E-state index in [2.05, 4.69) is 15.1 Å². The molecule has 2 N–H and O–H groups in total. The second-order valence-electron chi connectivity index (χ2n) is 6.63. The third-order valence-corrected chi connectivity index (χ3v) is 4.75. The average Bonchev–Trinajstić information content (AvgIpc) is 3.40. The lowest BCUT2D eigenvalue weighted by atomic mass is 10.1. The molecule has 0 spiro atoms. The summed E-state index contributed by atoms with van der Waals surface area (Å²) >= 11 is 6.12. The number of carbonyl (C=O) groups excluding carboxylic acids is 1. The van der Waals surface area contributed by atoms with E-state index < -0.39 is 25.4 Å². The molecule has 0 radical (unpaired) electrons. The minimum absolute atomic E-state index is 0.0503. The summed E-state index contributed by atoms with van der Waals surface area (Å²) in [6.45, 7) is -1.96. The average molecular weight is 448 g/mol.